The van der Waals surface area contributed by atoms with Crippen LogP contribution in [0.4, 0.5) is 11.5 Å². The average Bonchev–Trinajstić information content (AvgIpc) is 2.90. The zero-order valence-electron chi connectivity index (χ0n) is 14.2. The van der Waals surface area contributed by atoms with Gasteiger partial charge in [-0.2, -0.15) is 0 Å². The quantitative estimate of drug-likeness (QED) is 0.876. The van der Waals surface area contributed by atoms with Gasteiger partial charge >= 0.3 is 0 Å². The number of para-hydroxylation sites is 1. The van der Waals surface area contributed by atoms with Gasteiger partial charge in [0.2, 0.25) is 0 Å². The third-order valence-corrected chi connectivity index (χ3v) is 6.09. The highest BCUT2D eigenvalue weighted by molar-refractivity contribution is 7.91. The fourth-order valence-electron chi connectivity index (χ4n) is 2.97. The Hall–Kier alpha value is -2.41. The van der Waals surface area contributed by atoms with Crippen LogP contribution in [0.2, 0.25) is 0 Å². The van der Waals surface area contributed by atoms with Gasteiger partial charge in [-0.3, -0.25) is 4.79 Å². The number of amides is 1. The summed E-state index contributed by atoms with van der Waals surface area (Å²) in [6.07, 6.45) is 2.11. The highest BCUT2D eigenvalue weighted by Gasteiger charge is 2.28. The number of hydrogen-bond acceptors (Lipinski definition) is 5. The minimum absolute atomic E-state index is 0.105. The van der Waals surface area contributed by atoms with E-state index in [1.54, 1.807) is 18.3 Å². The predicted molar refractivity (Wildman–Crippen MR) is 98.8 cm³/mol. The van der Waals surface area contributed by atoms with Crippen molar-refractivity contribution in [2.24, 2.45) is 0 Å². The molecule has 1 saturated heterocycles. The molecular weight excluding hydrogens is 338 g/mol. The Kier molecular flexibility index (Phi) is 4.76. The zero-order valence-corrected chi connectivity index (χ0v) is 15.1. The molecule has 2 N–H and O–H groups in total. The van der Waals surface area contributed by atoms with Crippen LogP contribution in [-0.2, 0) is 9.84 Å². The summed E-state index contributed by atoms with van der Waals surface area (Å²) in [7, 11) is -2.96. The maximum Gasteiger partial charge on any atom is 0.255 e. The van der Waals surface area contributed by atoms with E-state index in [4.69, 9.17) is 0 Å². The van der Waals surface area contributed by atoms with Crippen LogP contribution in [-0.4, -0.2) is 36.9 Å². The first-order valence-electron chi connectivity index (χ1n) is 8.15. The molecule has 25 heavy (non-hydrogen) atoms. The molecule has 1 atom stereocenters. The summed E-state index contributed by atoms with van der Waals surface area (Å²) in [6.45, 7) is 3.89. The van der Waals surface area contributed by atoms with Crippen molar-refractivity contribution in [1.29, 1.82) is 0 Å². The van der Waals surface area contributed by atoms with Crippen molar-refractivity contribution in [3.05, 3.63) is 53.2 Å². The molecular formula is C18H21N3O3S. The van der Waals surface area contributed by atoms with Gasteiger partial charge in [0.05, 0.1) is 11.5 Å². The van der Waals surface area contributed by atoms with Crippen molar-refractivity contribution in [3.8, 4) is 0 Å². The highest BCUT2D eigenvalue weighted by atomic mass is 32.2. The largest absolute Gasteiger partial charge is 0.366 e. The molecule has 1 aliphatic rings. The lowest BCUT2D eigenvalue weighted by Gasteiger charge is -2.14. The number of pyridine rings is 1. The number of sulfone groups is 1. The van der Waals surface area contributed by atoms with E-state index in [9.17, 15) is 13.2 Å². The normalized spacial score (nSPS) is 18.7. The molecule has 6 nitrogen and oxygen atoms in total. The molecule has 1 fully saturated rings. The van der Waals surface area contributed by atoms with Crippen LogP contribution < -0.4 is 10.6 Å². The molecule has 0 bridgehead atoms. The van der Waals surface area contributed by atoms with Gasteiger partial charge in [-0.1, -0.05) is 18.2 Å². The Morgan fingerprint density at radius 2 is 1.92 bits per heavy atom. The summed E-state index contributed by atoms with van der Waals surface area (Å²) in [5.74, 6) is 0.586. The Labute approximate surface area is 147 Å². The third-order valence-electron chi connectivity index (χ3n) is 4.33. The molecule has 0 spiro atoms. The second-order valence-electron chi connectivity index (χ2n) is 6.39. The molecule has 0 aliphatic carbocycles. The molecule has 0 radical (unpaired) electrons. The molecule has 132 valence electrons. The maximum absolute atomic E-state index is 12.5. The van der Waals surface area contributed by atoms with Gasteiger partial charge < -0.3 is 10.6 Å². The fraction of sp³-hybridized carbons (Fsp3) is 0.333. The molecule has 1 unspecified atom stereocenters. The first-order valence-corrected chi connectivity index (χ1v) is 9.97. The Balaban J connectivity index is 1.74. The number of aromatic nitrogens is 1. The summed E-state index contributed by atoms with van der Waals surface area (Å²) in [6, 6.07) is 8.97. The highest BCUT2D eigenvalue weighted by Crippen LogP contribution is 2.21. The molecule has 1 amide bonds. The molecule has 2 heterocycles. The van der Waals surface area contributed by atoms with Crippen LogP contribution >= 0.6 is 0 Å². The average molecular weight is 359 g/mol. The van der Waals surface area contributed by atoms with Crippen molar-refractivity contribution in [2.45, 2.75) is 26.3 Å². The van der Waals surface area contributed by atoms with E-state index in [0.717, 1.165) is 16.8 Å². The summed E-state index contributed by atoms with van der Waals surface area (Å²) < 4.78 is 23.1. The number of aryl methyl sites for hydroxylation is 2. The molecule has 2 aromatic rings. The van der Waals surface area contributed by atoms with E-state index < -0.39 is 9.84 Å². The molecule has 1 aliphatic heterocycles. The summed E-state index contributed by atoms with van der Waals surface area (Å²) in [5, 5.41) is 6.05. The number of hydrogen-bond donors (Lipinski definition) is 2. The van der Waals surface area contributed by atoms with Crippen molar-refractivity contribution in [3.63, 3.8) is 0 Å². The number of carbonyl (C=O) groups is 1. The lowest BCUT2D eigenvalue weighted by molar-refractivity contribution is 0.102. The third kappa shape index (κ3) is 4.17. The number of carbonyl (C=O) groups excluding carboxylic acids is 1. The number of benzene rings is 1. The summed E-state index contributed by atoms with van der Waals surface area (Å²) in [4.78, 5) is 16.7. The minimum Gasteiger partial charge on any atom is -0.366 e. The lowest BCUT2D eigenvalue weighted by Crippen LogP contribution is -2.21. The molecule has 7 heteroatoms. The Morgan fingerprint density at radius 1 is 1.20 bits per heavy atom. The van der Waals surface area contributed by atoms with Crippen LogP contribution in [0.25, 0.3) is 0 Å². The van der Waals surface area contributed by atoms with Gasteiger partial charge in [-0.05, 0) is 43.5 Å². The SMILES string of the molecule is Cc1cccc(C)c1NC(=O)c1ccnc(NC2CCS(=O)(=O)C2)c1. The standard InChI is InChI=1S/C18H21N3O3S/c1-12-4-3-5-13(2)17(12)21-18(22)14-6-8-19-16(10-14)20-15-7-9-25(23,24)11-15/h3-6,8,10,15H,7,9,11H2,1-2H3,(H,19,20)(H,21,22). The van der Waals surface area contributed by atoms with Gasteiger partial charge in [0.1, 0.15) is 5.82 Å². The van der Waals surface area contributed by atoms with Gasteiger partial charge in [-0.15, -0.1) is 0 Å². The van der Waals surface area contributed by atoms with Crippen molar-refractivity contribution in [1.82, 2.24) is 4.98 Å². The van der Waals surface area contributed by atoms with E-state index in [1.807, 2.05) is 32.0 Å². The van der Waals surface area contributed by atoms with E-state index in [1.165, 1.54) is 0 Å². The zero-order chi connectivity index (χ0) is 18.0. The smallest absolute Gasteiger partial charge is 0.255 e. The molecule has 0 saturated carbocycles. The minimum atomic E-state index is -2.96. The number of rotatable bonds is 4. The van der Waals surface area contributed by atoms with E-state index in [-0.39, 0.29) is 23.5 Å². The first-order chi connectivity index (χ1) is 11.8. The number of nitrogens with zero attached hydrogens (tertiary/aromatic N) is 1. The van der Waals surface area contributed by atoms with Crippen molar-refractivity contribution < 1.29 is 13.2 Å². The van der Waals surface area contributed by atoms with Crippen molar-refractivity contribution >= 4 is 27.2 Å². The van der Waals surface area contributed by atoms with E-state index >= 15 is 0 Å². The van der Waals surface area contributed by atoms with Gasteiger partial charge in [-0.25, -0.2) is 13.4 Å². The molecule has 3 rings (SSSR count). The fourth-order valence-corrected chi connectivity index (χ4v) is 4.64. The summed E-state index contributed by atoms with van der Waals surface area (Å²) in [5.41, 5.74) is 3.27. The van der Waals surface area contributed by atoms with Gasteiger partial charge in [0.15, 0.2) is 9.84 Å². The molecule has 1 aromatic heterocycles. The topological polar surface area (TPSA) is 88.2 Å². The Morgan fingerprint density at radius 3 is 2.56 bits per heavy atom. The van der Waals surface area contributed by atoms with Crippen LogP contribution in [0, 0.1) is 13.8 Å². The number of anilines is 2. The monoisotopic (exact) mass is 359 g/mol. The van der Waals surface area contributed by atoms with Crippen molar-refractivity contribution in [2.75, 3.05) is 22.1 Å². The van der Waals surface area contributed by atoms with Crippen LogP contribution in [0.3, 0.4) is 0 Å². The number of nitrogens with one attached hydrogen (secondary N) is 2. The predicted octanol–water partition coefficient (Wildman–Crippen LogP) is 2.55. The van der Waals surface area contributed by atoms with Crippen LogP contribution in [0.15, 0.2) is 36.5 Å². The molecule has 1 aromatic carbocycles. The second-order valence-corrected chi connectivity index (χ2v) is 8.62. The summed E-state index contributed by atoms with van der Waals surface area (Å²) >= 11 is 0. The van der Waals surface area contributed by atoms with E-state index in [0.29, 0.717) is 17.8 Å². The Bertz CT molecular complexity index is 889. The maximum atomic E-state index is 12.5. The van der Waals surface area contributed by atoms with E-state index in [2.05, 4.69) is 15.6 Å². The van der Waals surface area contributed by atoms with Gasteiger partial charge in [0, 0.05) is 23.5 Å². The van der Waals surface area contributed by atoms with Crippen LogP contribution in [0.1, 0.15) is 27.9 Å². The lowest BCUT2D eigenvalue weighted by atomic mass is 10.1. The van der Waals surface area contributed by atoms with Gasteiger partial charge in [0.25, 0.3) is 5.91 Å². The van der Waals surface area contributed by atoms with Crippen LogP contribution in [0.5, 0.6) is 0 Å². The second kappa shape index (κ2) is 6.84. The first kappa shape index (κ1) is 17.4.